The smallest absolute Gasteiger partial charge is 0.303 e. The summed E-state index contributed by atoms with van der Waals surface area (Å²) in [5, 5.41) is 0. The van der Waals surface area contributed by atoms with Gasteiger partial charge >= 0.3 is 5.97 Å². The molecule has 0 rings (SSSR count). The van der Waals surface area contributed by atoms with Crippen LogP contribution in [-0.4, -0.2) is 12.1 Å². The molecule has 1 unspecified atom stereocenters. The van der Waals surface area contributed by atoms with Crippen LogP contribution in [0.1, 0.15) is 34.1 Å². The van der Waals surface area contributed by atoms with E-state index in [0.717, 1.165) is 11.1 Å². The maximum absolute atomic E-state index is 10.7. The highest BCUT2D eigenvalue weighted by Crippen LogP contribution is 2.10. The van der Waals surface area contributed by atoms with Crippen LogP contribution in [-0.2, 0) is 9.53 Å². The molecule has 0 N–H and O–H groups in total. The third-order valence-corrected chi connectivity index (χ3v) is 1.39. The lowest BCUT2D eigenvalue weighted by Crippen LogP contribution is -2.14. The van der Waals surface area contributed by atoms with Gasteiger partial charge < -0.3 is 4.74 Å². The molecule has 0 saturated carbocycles. The van der Waals surface area contributed by atoms with Gasteiger partial charge in [0.2, 0.25) is 0 Å². The third-order valence-electron chi connectivity index (χ3n) is 1.39. The average molecular weight is 182 g/mol. The summed E-state index contributed by atoms with van der Waals surface area (Å²) in [5.74, 6) is -0.247. The van der Waals surface area contributed by atoms with E-state index in [9.17, 15) is 4.79 Å². The van der Waals surface area contributed by atoms with Gasteiger partial charge in [-0.3, -0.25) is 4.79 Å². The summed E-state index contributed by atoms with van der Waals surface area (Å²) >= 11 is 0. The first-order valence-electron chi connectivity index (χ1n) is 4.38. The molecule has 1 atom stereocenters. The van der Waals surface area contributed by atoms with E-state index in [1.807, 2.05) is 26.8 Å². The highest BCUT2D eigenvalue weighted by Gasteiger charge is 2.08. The summed E-state index contributed by atoms with van der Waals surface area (Å²) in [6.07, 6.45) is 2.49. The Morgan fingerprint density at radius 3 is 2.23 bits per heavy atom. The fourth-order valence-electron chi connectivity index (χ4n) is 1.06. The molecule has 0 aliphatic rings. The molecule has 0 fully saturated rings. The van der Waals surface area contributed by atoms with E-state index in [0.29, 0.717) is 6.42 Å². The lowest BCUT2D eigenvalue weighted by atomic mass is 10.1. The largest absolute Gasteiger partial charge is 0.458 e. The van der Waals surface area contributed by atoms with Crippen LogP contribution in [0.25, 0.3) is 0 Å². The second-order valence-electron chi connectivity index (χ2n) is 3.55. The van der Waals surface area contributed by atoms with Crippen molar-refractivity contribution < 1.29 is 9.53 Å². The van der Waals surface area contributed by atoms with Gasteiger partial charge in [-0.25, -0.2) is 0 Å². The number of hydrogen-bond acceptors (Lipinski definition) is 2. The summed E-state index contributed by atoms with van der Waals surface area (Å²) in [5.41, 5.74) is 2.16. The molecule has 0 aliphatic carbocycles. The minimum Gasteiger partial charge on any atom is -0.458 e. The number of allylic oxidation sites excluding steroid dienone is 1. The Hall–Kier alpha value is -1.05. The topological polar surface area (TPSA) is 26.3 Å². The van der Waals surface area contributed by atoms with E-state index >= 15 is 0 Å². The zero-order valence-electron chi connectivity index (χ0n) is 8.89. The molecule has 2 nitrogen and oxygen atoms in total. The first kappa shape index (κ1) is 11.9. The molecule has 0 spiro atoms. The van der Waals surface area contributed by atoms with Crippen LogP contribution < -0.4 is 0 Å². The van der Waals surface area contributed by atoms with Crippen molar-refractivity contribution >= 4 is 5.97 Å². The highest BCUT2D eigenvalue weighted by atomic mass is 16.5. The molecule has 0 aromatic heterocycles. The lowest BCUT2D eigenvalue weighted by molar-refractivity contribution is -0.144. The second kappa shape index (κ2) is 5.57. The quantitative estimate of drug-likeness (QED) is 0.493. The van der Waals surface area contributed by atoms with Crippen molar-refractivity contribution in [3.8, 4) is 0 Å². The predicted octanol–water partition coefficient (Wildman–Crippen LogP) is 2.85. The van der Waals surface area contributed by atoms with Gasteiger partial charge in [0.1, 0.15) is 6.10 Å². The summed E-state index contributed by atoms with van der Waals surface area (Å²) in [6.45, 7) is 11.1. The molecule has 2 heteroatoms. The third kappa shape index (κ3) is 7.32. The molecule has 13 heavy (non-hydrogen) atoms. The average Bonchev–Trinajstić information content (AvgIpc) is 1.80. The number of rotatable bonds is 4. The van der Waals surface area contributed by atoms with Gasteiger partial charge in [-0.15, -0.1) is 0 Å². The lowest BCUT2D eigenvalue weighted by Gasteiger charge is -2.13. The van der Waals surface area contributed by atoms with Crippen molar-refractivity contribution in [2.45, 2.75) is 40.2 Å². The van der Waals surface area contributed by atoms with E-state index in [-0.39, 0.29) is 12.1 Å². The van der Waals surface area contributed by atoms with Crippen molar-refractivity contribution in [1.82, 2.24) is 0 Å². The fraction of sp³-hybridized carbons (Fsp3) is 0.545. The van der Waals surface area contributed by atoms with Crippen molar-refractivity contribution in [3.05, 3.63) is 23.8 Å². The van der Waals surface area contributed by atoms with Crippen molar-refractivity contribution in [2.24, 2.45) is 0 Å². The minimum absolute atomic E-state index is 0.153. The number of carbonyl (C=O) groups is 1. The Morgan fingerprint density at radius 2 is 1.92 bits per heavy atom. The first-order chi connectivity index (χ1) is 5.91. The molecule has 0 bridgehead atoms. The van der Waals surface area contributed by atoms with E-state index in [4.69, 9.17) is 4.74 Å². The van der Waals surface area contributed by atoms with Crippen LogP contribution in [0, 0.1) is 0 Å². The van der Waals surface area contributed by atoms with E-state index in [1.165, 1.54) is 6.92 Å². The molecule has 0 radical (unpaired) electrons. The van der Waals surface area contributed by atoms with E-state index in [2.05, 4.69) is 6.58 Å². The predicted molar refractivity (Wildman–Crippen MR) is 54.4 cm³/mol. The van der Waals surface area contributed by atoms with Gasteiger partial charge in [-0.1, -0.05) is 17.7 Å². The second-order valence-corrected chi connectivity index (χ2v) is 3.55. The van der Waals surface area contributed by atoms with Crippen LogP contribution in [0.15, 0.2) is 23.8 Å². The Bertz CT molecular complexity index is 206. The zero-order chi connectivity index (χ0) is 10.4. The Morgan fingerprint density at radius 1 is 1.38 bits per heavy atom. The van der Waals surface area contributed by atoms with Gasteiger partial charge in [-0.05, 0) is 26.8 Å². The monoisotopic (exact) mass is 182 g/mol. The summed E-state index contributed by atoms with van der Waals surface area (Å²) in [6, 6.07) is 0. The highest BCUT2D eigenvalue weighted by molar-refractivity contribution is 5.66. The number of hydrogen-bond donors (Lipinski definition) is 0. The fourth-order valence-corrected chi connectivity index (χ4v) is 1.06. The van der Waals surface area contributed by atoms with Gasteiger partial charge in [-0.2, -0.15) is 0 Å². The Labute approximate surface area is 80.3 Å². The van der Waals surface area contributed by atoms with Crippen LogP contribution in [0.4, 0.5) is 0 Å². The molecule has 0 saturated heterocycles. The molecule has 74 valence electrons. The standard InChI is InChI=1S/C11H18O2/c1-8(2)6-11(7-9(3)4)13-10(5)12/h7,11H,1,6H2,2-5H3. The van der Waals surface area contributed by atoms with E-state index < -0.39 is 0 Å². The molecule has 0 amide bonds. The summed E-state index contributed by atoms with van der Waals surface area (Å²) < 4.78 is 5.10. The van der Waals surface area contributed by atoms with Crippen LogP contribution in [0.5, 0.6) is 0 Å². The van der Waals surface area contributed by atoms with Crippen molar-refractivity contribution in [2.75, 3.05) is 0 Å². The molecule has 0 aromatic carbocycles. The minimum atomic E-state index is -0.247. The summed E-state index contributed by atoms with van der Waals surface area (Å²) in [4.78, 5) is 10.7. The number of ether oxygens (including phenoxy) is 1. The molecular formula is C11H18O2. The molecule has 0 aliphatic heterocycles. The van der Waals surface area contributed by atoms with Gasteiger partial charge in [0.25, 0.3) is 0 Å². The maximum Gasteiger partial charge on any atom is 0.303 e. The zero-order valence-corrected chi connectivity index (χ0v) is 8.89. The van der Waals surface area contributed by atoms with Crippen LogP contribution in [0.2, 0.25) is 0 Å². The van der Waals surface area contributed by atoms with Gasteiger partial charge in [0.15, 0.2) is 0 Å². The first-order valence-corrected chi connectivity index (χ1v) is 4.38. The van der Waals surface area contributed by atoms with Crippen LogP contribution >= 0.6 is 0 Å². The van der Waals surface area contributed by atoms with Gasteiger partial charge in [0, 0.05) is 13.3 Å². The van der Waals surface area contributed by atoms with Crippen molar-refractivity contribution in [3.63, 3.8) is 0 Å². The normalized spacial score (nSPS) is 11.7. The molecule has 0 aromatic rings. The Kier molecular flexibility index (Phi) is 5.12. The van der Waals surface area contributed by atoms with E-state index in [1.54, 1.807) is 0 Å². The summed E-state index contributed by atoms with van der Waals surface area (Å²) in [7, 11) is 0. The number of carbonyl (C=O) groups excluding carboxylic acids is 1. The maximum atomic E-state index is 10.7. The number of esters is 1. The molecule has 0 heterocycles. The molecular weight excluding hydrogens is 164 g/mol. The van der Waals surface area contributed by atoms with Gasteiger partial charge in [0.05, 0.1) is 0 Å². The Balaban J connectivity index is 4.27. The van der Waals surface area contributed by atoms with Crippen molar-refractivity contribution in [1.29, 1.82) is 0 Å². The SMILES string of the molecule is C=C(C)CC(C=C(C)C)OC(C)=O. The van der Waals surface area contributed by atoms with Crippen LogP contribution in [0.3, 0.4) is 0 Å².